The number of rotatable bonds is 3. The van der Waals surface area contributed by atoms with Crippen LogP contribution in [-0.2, 0) is 0 Å². The minimum Gasteiger partial charge on any atom is -0.396 e. The summed E-state index contributed by atoms with van der Waals surface area (Å²) in [6.07, 6.45) is 3.99. The average Bonchev–Trinajstić information content (AvgIpc) is 2.52. The zero-order valence-corrected chi connectivity index (χ0v) is 10.3. The summed E-state index contributed by atoms with van der Waals surface area (Å²) in [5, 5.41) is 9.42. The van der Waals surface area contributed by atoms with Gasteiger partial charge in [0.05, 0.1) is 0 Å². The fourth-order valence-corrected chi connectivity index (χ4v) is 4.34. The number of hydrogen-bond acceptors (Lipinski definition) is 2. The topological polar surface area (TPSA) is 46.2 Å². The van der Waals surface area contributed by atoms with Gasteiger partial charge in [0.2, 0.25) is 0 Å². The SMILES string of the molecule is CC1(C)[C@@H]2CC[C@]1(C)[C@H]([C@@H](CN)CO)C2. The van der Waals surface area contributed by atoms with E-state index in [0.29, 0.717) is 29.2 Å². The molecular weight excluding hydrogens is 186 g/mol. The lowest BCUT2D eigenvalue weighted by Gasteiger charge is -2.42. The highest BCUT2D eigenvalue weighted by molar-refractivity contribution is 5.11. The molecule has 88 valence electrons. The molecule has 3 N–H and O–H groups in total. The third-order valence-corrected chi connectivity index (χ3v) is 5.97. The van der Waals surface area contributed by atoms with Gasteiger partial charge in [-0.2, -0.15) is 0 Å². The highest BCUT2D eigenvalue weighted by atomic mass is 16.3. The molecule has 0 saturated heterocycles. The summed E-state index contributed by atoms with van der Waals surface area (Å²) in [6, 6.07) is 0. The van der Waals surface area contributed by atoms with Crippen LogP contribution in [0.15, 0.2) is 0 Å². The van der Waals surface area contributed by atoms with Crippen molar-refractivity contribution in [1.82, 2.24) is 0 Å². The van der Waals surface area contributed by atoms with E-state index in [9.17, 15) is 5.11 Å². The van der Waals surface area contributed by atoms with E-state index < -0.39 is 0 Å². The van der Waals surface area contributed by atoms with Crippen molar-refractivity contribution >= 4 is 0 Å². The first-order chi connectivity index (χ1) is 6.97. The molecule has 2 aliphatic carbocycles. The Hall–Kier alpha value is -0.0800. The lowest BCUT2D eigenvalue weighted by molar-refractivity contribution is 0.0455. The Morgan fingerprint density at radius 2 is 2.07 bits per heavy atom. The standard InChI is InChI=1S/C13H25NO/c1-12(2)10-4-5-13(12,3)11(6-10)9(7-14)8-15/h9-11,15H,4-8,14H2,1-3H3/t9-,10+,11-,13+/m0/s1. The van der Waals surface area contributed by atoms with Gasteiger partial charge in [-0.3, -0.25) is 0 Å². The van der Waals surface area contributed by atoms with Crippen molar-refractivity contribution in [3.05, 3.63) is 0 Å². The van der Waals surface area contributed by atoms with Gasteiger partial charge in [0.1, 0.15) is 0 Å². The van der Waals surface area contributed by atoms with Gasteiger partial charge in [-0.25, -0.2) is 0 Å². The monoisotopic (exact) mass is 211 g/mol. The molecular formula is C13H25NO. The van der Waals surface area contributed by atoms with E-state index in [-0.39, 0.29) is 6.61 Å². The summed E-state index contributed by atoms with van der Waals surface area (Å²) >= 11 is 0. The minimum absolute atomic E-state index is 0.263. The molecule has 0 aliphatic heterocycles. The van der Waals surface area contributed by atoms with Crippen LogP contribution >= 0.6 is 0 Å². The lowest BCUT2D eigenvalue weighted by Crippen LogP contribution is -2.39. The third kappa shape index (κ3) is 1.31. The van der Waals surface area contributed by atoms with E-state index in [1.807, 2.05) is 0 Å². The molecule has 2 saturated carbocycles. The van der Waals surface area contributed by atoms with E-state index in [1.54, 1.807) is 0 Å². The Balaban J connectivity index is 2.25. The van der Waals surface area contributed by atoms with E-state index in [1.165, 1.54) is 19.3 Å². The smallest absolute Gasteiger partial charge is 0.0474 e. The van der Waals surface area contributed by atoms with Crippen LogP contribution in [0, 0.1) is 28.6 Å². The van der Waals surface area contributed by atoms with Crippen molar-refractivity contribution in [3.8, 4) is 0 Å². The minimum atomic E-state index is 0.263. The molecule has 0 spiro atoms. The fraction of sp³-hybridized carbons (Fsp3) is 1.00. The van der Waals surface area contributed by atoms with Crippen molar-refractivity contribution < 1.29 is 5.11 Å². The van der Waals surface area contributed by atoms with Crippen LogP contribution in [0.5, 0.6) is 0 Å². The number of aliphatic hydroxyl groups is 1. The predicted molar refractivity (Wildman–Crippen MR) is 62.3 cm³/mol. The van der Waals surface area contributed by atoms with E-state index >= 15 is 0 Å². The van der Waals surface area contributed by atoms with Gasteiger partial charge in [-0.1, -0.05) is 20.8 Å². The summed E-state index contributed by atoms with van der Waals surface area (Å²) in [6.45, 7) is 8.15. The molecule has 0 aromatic carbocycles. The van der Waals surface area contributed by atoms with E-state index in [2.05, 4.69) is 20.8 Å². The van der Waals surface area contributed by atoms with Gasteiger partial charge < -0.3 is 10.8 Å². The van der Waals surface area contributed by atoms with E-state index in [0.717, 1.165) is 5.92 Å². The molecule has 2 fully saturated rings. The van der Waals surface area contributed by atoms with Crippen molar-refractivity contribution in [2.24, 2.45) is 34.3 Å². The molecule has 15 heavy (non-hydrogen) atoms. The molecule has 0 aromatic heterocycles. The molecule has 2 bridgehead atoms. The fourth-order valence-electron chi connectivity index (χ4n) is 4.34. The maximum Gasteiger partial charge on any atom is 0.0474 e. The molecule has 0 amide bonds. The zero-order chi connectivity index (χ0) is 11.3. The van der Waals surface area contributed by atoms with Crippen molar-refractivity contribution in [2.75, 3.05) is 13.2 Å². The van der Waals surface area contributed by atoms with Gasteiger partial charge in [0.15, 0.2) is 0 Å². The summed E-state index contributed by atoms with van der Waals surface area (Å²) < 4.78 is 0. The number of aliphatic hydroxyl groups excluding tert-OH is 1. The van der Waals surface area contributed by atoms with Crippen LogP contribution in [0.2, 0.25) is 0 Å². The summed E-state index contributed by atoms with van der Waals surface area (Å²) in [4.78, 5) is 0. The van der Waals surface area contributed by atoms with Crippen LogP contribution in [-0.4, -0.2) is 18.3 Å². The van der Waals surface area contributed by atoms with Crippen LogP contribution in [0.1, 0.15) is 40.0 Å². The van der Waals surface area contributed by atoms with E-state index in [4.69, 9.17) is 5.73 Å². The molecule has 0 aromatic rings. The molecule has 2 rings (SSSR count). The van der Waals surface area contributed by atoms with Gasteiger partial charge >= 0.3 is 0 Å². The van der Waals surface area contributed by atoms with Crippen LogP contribution in [0.3, 0.4) is 0 Å². The molecule has 2 nitrogen and oxygen atoms in total. The Bertz CT molecular complexity index is 247. The second kappa shape index (κ2) is 3.46. The molecule has 2 heteroatoms. The zero-order valence-electron chi connectivity index (χ0n) is 10.3. The molecule has 2 aliphatic rings. The molecule has 0 radical (unpaired) electrons. The molecule has 0 heterocycles. The number of fused-ring (bicyclic) bond motifs is 2. The number of nitrogens with two attached hydrogens (primary N) is 1. The Morgan fingerprint density at radius 1 is 1.40 bits per heavy atom. The normalized spacial score (nSPS) is 44.6. The van der Waals surface area contributed by atoms with Crippen molar-refractivity contribution in [2.45, 2.75) is 40.0 Å². The highest BCUT2D eigenvalue weighted by Crippen LogP contribution is 2.69. The molecule has 4 atom stereocenters. The van der Waals surface area contributed by atoms with Gasteiger partial charge in [0.25, 0.3) is 0 Å². The van der Waals surface area contributed by atoms with Crippen molar-refractivity contribution in [1.29, 1.82) is 0 Å². The summed E-state index contributed by atoms with van der Waals surface area (Å²) in [5.74, 6) is 1.81. The quantitative estimate of drug-likeness (QED) is 0.750. The average molecular weight is 211 g/mol. The lowest BCUT2D eigenvalue weighted by atomic mass is 9.63. The maximum atomic E-state index is 9.42. The first-order valence-corrected chi connectivity index (χ1v) is 6.28. The largest absolute Gasteiger partial charge is 0.396 e. The highest BCUT2D eigenvalue weighted by Gasteiger charge is 2.62. The second-order valence-corrected chi connectivity index (χ2v) is 6.40. The van der Waals surface area contributed by atoms with Gasteiger partial charge in [0, 0.05) is 6.61 Å². The first kappa shape index (κ1) is 11.4. The predicted octanol–water partition coefficient (Wildman–Crippen LogP) is 2.02. The third-order valence-electron chi connectivity index (χ3n) is 5.97. The summed E-state index contributed by atoms with van der Waals surface area (Å²) in [7, 11) is 0. The Labute approximate surface area is 93.2 Å². The van der Waals surface area contributed by atoms with Crippen LogP contribution in [0.4, 0.5) is 0 Å². The number of hydrogen-bond donors (Lipinski definition) is 2. The first-order valence-electron chi connectivity index (χ1n) is 6.28. The summed E-state index contributed by atoms with van der Waals surface area (Å²) in [5.41, 5.74) is 6.63. The second-order valence-electron chi connectivity index (χ2n) is 6.40. The van der Waals surface area contributed by atoms with Crippen molar-refractivity contribution in [3.63, 3.8) is 0 Å². The Kier molecular flexibility index (Phi) is 2.63. The Morgan fingerprint density at radius 3 is 2.40 bits per heavy atom. The van der Waals surface area contributed by atoms with Gasteiger partial charge in [-0.05, 0) is 54.4 Å². The maximum absolute atomic E-state index is 9.42. The van der Waals surface area contributed by atoms with Crippen LogP contribution in [0.25, 0.3) is 0 Å². The molecule has 0 unspecified atom stereocenters. The van der Waals surface area contributed by atoms with Crippen LogP contribution < -0.4 is 5.73 Å². The van der Waals surface area contributed by atoms with Gasteiger partial charge in [-0.15, -0.1) is 0 Å².